The van der Waals surface area contributed by atoms with Crippen LogP contribution in [0.4, 0.5) is 5.69 Å². The third-order valence-electron chi connectivity index (χ3n) is 3.38. The van der Waals surface area contributed by atoms with Gasteiger partial charge in [0.2, 0.25) is 15.9 Å². The second-order valence-corrected chi connectivity index (χ2v) is 6.69. The lowest BCUT2D eigenvalue weighted by Gasteiger charge is -2.33. The van der Waals surface area contributed by atoms with Gasteiger partial charge in [0.1, 0.15) is 6.04 Å². The van der Waals surface area contributed by atoms with Crippen molar-refractivity contribution in [2.24, 2.45) is 0 Å². The van der Waals surface area contributed by atoms with Gasteiger partial charge in [0, 0.05) is 19.3 Å². The van der Waals surface area contributed by atoms with Crippen molar-refractivity contribution in [2.75, 3.05) is 32.5 Å². The Bertz CT molecular complexity index is 618. The molecular formula is C13H19N3O4S. The lowest BCUT2D eigenvalue weighted by atomic mass is 10.2. The van der Waals surface area contributed by atoms with Gasteiger partial charge in [0.05, 0.1) is 19.0 Å². The lowest BCUT2D eigenvalue weighted by Crippen LogP contribution is -2.55. The number of sulfonamides is 1. The molecule has 1 aliphatic heterocycles. The molecule has 0 radical (unpaired) electrons. The highest BCUT2D eigenvalue weighted by Crippen LogP contribution is 2.20. The molecule has 1 fully saturated rings. The summed E-state index contributed by atoms with van der Waals surface area (Å²) in [7, 11) is -2.18. The Morgan fingerprint density at radius 1 is 1.48 bits per heavy atom. The molecule has 21 heavy (non-hydrogen) atoms. The van der Waals surface area contributed by atoms with E-state index in [9.17, 15) is 13.2 Å². The number of nitrogens with zero attached hydrogens (tertiary/aromatic N) is 1. The van der Waals surface area contributed by atoms with Crippen LogP contribution < -0.4 is 11.1 Å². The Labute approximate surface area is 124 Å². The fourth-order valence-electron chi connectivity index (χ4n) is 2.24. The molecule has 1 heterocycles. The Morgan fingerprint density at radius 2 is 2.19 bits per heavy atom. The summed E-state index contributed by atoms with van der Waals surface area (Å²) in [6.07, 6.45) is 0. The van der Waals surface area contributed by atoms with Gasteiger partial charge in [0.25, 0.3) is 0 Å². The van der Waals surface area contributed by atoms with E-state index in [-0.39, 0.29) is 31.4 Å². The van der Waals surface area contributed by atoms with Gasteiger partial charge in [-0.05, 0) is 11.6 Å². The maximum Gasteiger partial charge on any atom is 0.240 e. The summed E-state index contributed by atoms with van der Waals surface area (Å²) in [6.45, 7) is 0.493. The SMILES string of the molecule is CNC(=O)C1COCCN1S(=O)(=O)Cc1ccccc1N. The van der Waals surface area contributed by atoms with Gasteiger partial charge in [-0.25, -0.2) is 8.42 Å². The summed E-state index contributed by atoms with van der Waals surface area (Å²) in [5, 5.41) is 2.46. The Balaban J connectivity index is 2.24. The first-order chi connectivity index (χ1) is 9.95. The number of nitrogens with one attached hydrogen (secondary N) is 1. The summed E-state index contributed by atoms with van der Waals surface area (Å²) in [4.78, 5) is 11.8. The Hall–Kier alpha value is -1.64. The molecule has 2 rings (SSSR count). The van der Waals surface area contributed by atoms with Crippen molar-refractivity contribution in [1.82, 2.24) is 9.62 Å². The van der Waals surface area contributed by atoms with Crippen LogP contribution in [0.2, 0.25) is 0 Å². The van der Waals surface area contributed by atoms with Gasteiger partial charge >= 0.3 is 0 Å². The molecule has 0 spiro atoms. The van der Waals surface area contributed by atoms with E-state index in [1.165, 1.54) is 11.4 Å². The van der Waals surface area contributed by atoms with E-state index >= 15 is 0 Å². The molecule has 7 nitrogen and oxygen atoms in total. The number of nitrogens with two attached hydrogens (primary N) is 1. The van der Waals surface area contributed by atoms with Crippen LogP contribution in [-0.4, -0.2) is 51.5 Å². The molecule has 0 bridgehead atoms. The van der Waals surface area contributed by atoms with Gasteiger partial charge in [0.15, 0.2) is 0 Å². The standard InChI is InChI=1S/C13H19N3O4S/c1-15-13(17)12-8-20-7-6-16(12)21(18,19)9-10-4-2-3-5-11(10)14/h2-5,12H,6-9,14H2,1H3,(H,15,17). The number of morpholine rings is 1. The maximum absolute atomic E-state index is 12.6. The summed E-state index contributed by atoms with van der Waals surface area (Å²) < 4.78 is 31.6. The molecule has 1 saturated heterocycles. The van der Waals surface area contributed by atoms with E-state index in [0.717, 1.165) is 0 Å². The number of amides is 1. The van der Waals surface area contributed by atoms with Crippen LogP contribution in [0.1, 0.15) is 5.56 Å². The monoisotopic (exact) mass is 313 g/mol. The lowest BCUT2D eigenvalue weighted by molar-refractivity contribution is -0.128. The second kappa shape index (κ2) is 6.42. The molecular weight excluding hydrogens is 294 g/mol. The van der Waals surface area contributed by atoms with E-state index < -0.39 is 16.1 Å². The maximum atomic E-state index is 12.6. The van der Waals surface area contributed by atoms with Gasteiger partial charge in [-0.15, -0.1) is 0 Å². The van der Waals surface area contributed by atoms with E-state index in [0.29, 0.717) is 11.3 Å². The van der Waals surface area contributed by atoms with Crippen molar-refractivity contribution in [1.29, 1.82) is 0 Å². The normalized spacial score (nSPS) is 20.1. The zero-order valence-electron chi connectivity index (χ0n) is 11.8. The van der Waals surface area contributed by atoms with Crippen LogP contribution >= 0.6 is 0 Å². The van der Waals surface area contributed by atoms with Crippen LogP contribution in [0.25, 0.3) is 0 Å². The number of carbonyl (C=O) groups is 1. The molecule has 1 unspecified atom stereocenters. The molecule has 1 aliphatic rings. The van der Waals surface area contributed by atoms with Crippen molar-refractivity contribution in [3.05, 3.63) is 29.8 Å². The molecule has 1 atom stereocenters. The number of carbonyl (C=O) groups excluding carboxylic acids is 1. The number of ether oxygens (including phenoxy) is 1. The second-order valence-electron chi connectivity index (χ2n) is 4.77. The molecule has 116 valence electrons. The highest BCUT2D eigenvalue weighted by molar-refractivity contribution is 7.88. The Morgan fingerprint density at radius 3 is 2.86 bits per heavy atom. The minimum Gasteiger partial charge on any atom is -0.398 e. The third kappa shape index (κ3) is 3.52. The van der Waals surface area contributed by atoms with E-state index in [2.05, 4.69) is 5.32 Å². The molecule has 0 aromatic heterocycles. The first-order valence-corrected chi connectivity index (χ1v) is 8.19. The zero-order chi connectivity index (χ0) is 15.5. The number of para-hydroxylation sites is 1. The fraction of sp³-hybridized carbons (Fsp3) is 0.462. The Kier molecular flexibility index (Phi) is 4.81. The van der Waals surface area contributed by atoms with E-state index in [1.807, 2.05) is 0 Å². The van der Waals surface area contributed by atoms with Crippen molar-refractivity contribution in [2.45, 2.75) is 11.8 Å². The predicted molar refractivity (Wildman–Crippen MR) is 78.9 cm³/mol. The van der Waals surface area contributed by atoms with Gasteiger partial charge in [-0.3, -0.25) is 4.79 Å². The number of likely N-dealkylation sites (N-methyl/N-ethyl adjacent to an activating group) is 1. The summed E-state index contributed by atoms with van der Waals surface area (Å²) in [5.41, 5.74) is 6.74. The van der Waals surface area contributed by atoms with Crippen molar-refractivity contribution < 1.29 is 17.9 Å². The van der Waals surface area contributed by atoms with Gasteiger partial charge in [-0.2, -0.15) is 4.31 Å². The van der Waals surface area contributed by atoms with Crippen molar-refractivity contribution in [3.63, 3.8) is 0 Å². The number of nitrogen functional groups attached to an aromatic ring is 1. The molecule has 1 amide bonds. The van der Waals surface area contributed by atoms with Crippen LogP contribution in [0.3, 0.4) is 0 Å². The molecule has 1 aromatic rings. The first-order valence-electron chi connectivity index (χ1n) is 6.58. The number of hydrogen-bond acceptors (Lipinski definition) is 5. The number of hydrogen-bond donors (Lipinski definition) is 2. The molecule has 3 N–H and O–H groups in total. The average molecular weight is 313 g/mol. The van der Waals surface area contributed by atoms with Crippen molar-refractivity contribution in [3.8, 4) is 0 Å². The molecule has 1 aromatic carbocycles. The van der Waals surface area contributed by atoms with Crippen molar-refractivity contribution >= 4 is 21.6 Å². The minimum absolute atomic E-state index is 0.0587. The molecule has 0 saturated carbocycles. The highest BCUT2D eigenvalue weighted by atomic mass is 32.2. The number of benzene rings is 1. The quantitative estimate of drug-likeness (QED) is 0.733. The van der Waals surface area contributed by atoms with Crippen LogP contribution in [0, 0.1) is 0 Å². The average Bonchev–Trinajstić information content (AvgIpc) is 2.48. The number of rotatable bonds is 4. The minimum atomic E-state index is -3.65. The third-order valence-corrected chi connectivity index (χ3v) is 5.21. The number of anilines is 1. The highest BCUT2D eigenvalue weighted by Gasteiger charge is 2.37. The predicted octanol–water partition coefficient (Wildman–Crippen LogP) is -0.455. The summed E-state index contributed by atoms with van der Waals surface area (Å²) >= 11 is 0. The molecule has 0 aliphatic carbocycles. The summed E-state index contributed by atoms with van der Waals surface area (Å²) in [5.74, 6) is -0.605. The summed E-state index contributed by atoms with van der Waals surface area (Å²) in [6, 6.07) is 5.96. The van der Waals surface area contributed by atoms with Gasteiger partial charge < -0.3 is 15.8 Å². The smallest absolute Gasteiger partial charge is 0.240 e. The largest absolute Gasteiger partial charge is 0.398 e. The van der Waals surface area contributed by atoms with E-state index in [1.54, 1.807) is 24.3 Å². The first kappa shape index (κ1) is 15.7. The van der Waals surface area contributed by atoms with Crippen LogP contribution in [0.15, 0.2) is 24.3 Å². The van der Waals surface area contributed by atoms with Gasteiger partial charge in [-0.1, -0.05) is 18.2 Å². The van der Waals surface area contributed by atoms with Crippen LogP contribution in [-0.2, 0) is 25.3 Å². The topological polar surface area (TPSA) is 102 Å². The zero-order valence-corrected chi connectivity index (χ0v) is 12.6. The van der Waals surface area contributed by atoms with Crippen LogP contribution in [0.5, 0.6) is 0 Å². The molecule has 8 heteroatoms. The fourth-order valence-corrected chi connectivity index (χ4v) is 3.96. The van der Waals surface area contributed by atoms with E-state index in [4.69, 9.17) is 10.5 Å².